The third-order valence-electron chi connectivity index (χ3n) is 2.56. The van der Waals surface area contributed by atoms with E-state index in [4.69, 9.17) is 0 Å². The van der Waals surface area contributed by atoms with Crippen LogP contribution in [0.5, 0.6) is 0 Å². The first-order chi connectivity index (χ1) is 7.70. The van der Waals surface area contributed by atoms with Crippen LogP contribution in [0.25, 0.3) is 11.1 Å². The molecule has 80 valence electrons. The van der Waals surface area contributed by atoms with Crippen molar-refractivity contribution in [3.05, 3.63) is 59.7 Å². The average Bonchev–Trinajstić information content (AvgIpc) is 2.29. The Labute approximate surface area is 94.2 Å². The number of carboxylic acid groups (broad SMARTS) is 1. The molecule has 0 amide bonds. The number of benzene rings is 2. The van der Waals surface area contributed by atoms with Gasteiger partial charge < -0.3 is 9.90 Å². The molecule has 2 aromatic rings. The number of carbonyl (C=O) groups is 1. The fourth-order valence-corrected chi connectivity index (χ4v) is 1.80. The Bertz CT molecular complexity index is 516. The molecule has 2 nitrogen and oxygen atoms in total. The maximum absolute atomic E-state index is 11.1. The van der Waals surface area contributed by atoms with Crippen LogP contribution < -0.4 is 5.11 Å². The molecule has 2 rings (SSSR count). The molecular formula is C14H11O2-. The van der Waals surface area contributed by atoms with Crippen molar-refractivity contribution in [3.8, 4) is 11.1 Å². The minimum Gasteiger partial charge on any atom is -0.545 e. The lowest BCUT2D eigenvalue weighted by atomic mass is 9.96. The van der Waals surface area contributed by atoms with E-state index < -0.39 is 5.97 Å². The molecule has 0 saturated heterocycles. The third kappa shape index (κ3) is 1.82. The number of hydrogen-bond donors (Lipinski definition) is 0. The number of hydrogen-bond acceptors (Lipinski definition) is 2. The van der Waals surface area contributed by atoms with E-state index in [-0.39, 0.29) is 5.56 Å². The lowest BCUT2D eigenvalue weighted by molar-refractivity contribution is -0.255. The van der Waals surface area contributed by atoms with Gasteiger partial charge in [-0.2, -0.15) is 0 Å². The molecule has 0 unspecified atom stereocenters. The van der Waals surface area contributed by atoms with Crippen molar-refractivity contribution in [2.45, 2.75) is 6.92 Å². The van der Waals surface area contributed by atoms with E-state index in [0.717, 1.165) is 11.1 Å². The van der Waals surface area contributed by atoms with Gasteiger partial charge in [0.05, 0.1) is 5.97 Å². The molecule has 16 heavy (non-hydrogen) atoms. The minimum absolute atomic E-state index is 0.272. The SMILES string of the molecule is Cc1cccc(-c2ccccc2)c1C(=O)[O-]. The molecule has 0 bridgehead atoms. The fraction of sp³-hybridized carbons (Fsp3) is 0.0714. The van der Waals surface area contributed by atoms with Crippen molar-refractivity contribution in [2.24, 2.45) is 0 Å². The van der Waals surface area contributed by atoms with Gasteiger partial charge in [0.25, 0.3) is 0 Å². The van der Waals surface area contributed by atoms with Crippen LogP contribution in [0.3, 0.4) is 0 Å². The molecule has 0 aromatic heterocycles. The number of carbonyl (C=O) groups excluding carboxylic acids is 1. The van der Waals surface area contributed by atoms with E-state index in [1.54, 1.807) is 19.1 Å². The second-order valence-electron chi connectivity index (χ2n) is 3.65. The zero-order valence-electron chi connectivity index (χ0n) is 8.94. The highest BCUT2D eigenvalue weighted by atomic mass is 16.4. The van der Waals surface area contributed by atoms with Gasteiger partial charge in [-0.3, -0.25) is 0 Å². The van der Waals surface area contributed by atoms with Crippen LogP contribution in [0, 0.1) is 6.92 Å². The van der Waals surface area contributed by atoms with Gasteiger partial charge in [-0.25, -0.2) is 0 Å². The largest absolute Gasteiger partial charge is 0.545 e. The highest BCUT2D eigenvalue weighted by Gasteiger charge is 2.07. The Balaban J connectivity index is 2.66. The Hall–Kier alpha value is -2.09. The molecule has 0 atom stereocenters. The summed E-state index contributed by atoms with van der Waals surface area (Å²) in [6.07, 6.45) is 0. The first kappa shape index (κ1) is 10.4. The van der Waals surface area contributed by atoms with E-state index in [0.29, 0.717) is 5.56 Å². The van der Waals surface area contributed by atoms with Crippen molar-refractivity contribution in [3.63, 3.8) is 0 Å². The van der Waals surface area contributed by atoms with E-state index in [9.17, 15) is 9.90 Å². The maximum Gasteiger partial charge on any atom is 0.0724 e. The van der Waals surface area contributed by atoms with Gasteiger partial charge in [0, 0.05) is 5.56 Å². The lowest BCUT2D eigenvalue weighted by Crippen LogP contribution is -2.24. The molecular weight excluding hydrogens is 200 g/mol. The van der Waals surface area contributed by atoms with E-state index >= 15 is 0 Å². The second kappa shape index (κ2) is 4.19. The van der Waals surface area contributed by atoms with Crippen LogP contribution in [0.2, 0.25) is 0 Å². The number of carboxylic acids is 1. The van der Waals surface area contributed by atoms with Gasteiger partial charge in [0.1, 0.15) is 0 Å². The van der Waals surface area contributed by atoms with Gasteiger partial charge in [0.15, 0.2) is 0 Å². The van der Waals surface area contributed by atoms with Crippen LogP contribution >= 0.6 is 0 Å². The standard InChI is InChI=1S/C14H12O2/c1-10-6-5-9-12(13(10)14(15)16)11-7-3-2-4-8-11/h2-9H,1H3,(H,15,16)/p-1. The predicted molar refractivity (Wildman–Crippen MR) is 60.9 cm³/mol. The molecule has 0 fully saturated rings. The van der Waals surface area contributed by atoms with E-state index in [1.165, 1.54) is 0 Å². The summed E-state index contributed by atoms with van der Waals surface area (Å²) in [6, 6.07) is 14.9. The van der Waals surface area contributed by atoms with Gasteiger partial charge >= 0.3 is 0 Å². The Morgan fingerprint density at radius 3 is 2.31 bits per heavy atom. The van der Waals surface area contributed by atoms with Crippen LogP contribution in [0.1, 0.15) is 15.9 Å². The normalized spacial score (nSPS) is 10.1. The first-order valence-electron chi connectivity index (χ1n) is 5.06. The molecule has 2 heteroatoms. The van der Waals surface area contributed by atoms with Crippen molar-refractivity contribution in [1.82, 2.24) is 0 Å². The topological polar surface area (TPSA) is 40.1 Å². The summed E-state index contributed by atoms with van der Waals surface area (Å²) in [7, 11) is 0. The van der Waals surface area contributed by atoms with Crippen LogP contribution in [0.4, 0.5) is 0 Å². The van der Waals surface area contributed by atoms with Crippen LogP contribution in [-0.4, -0.2) is 5.97 Å². The van der Waals surface area contributed by atoms with Crippen molar-refractivity contribution < 1.29 is 9.90 Å². The zero-order valence-corrected chi connectivity index (χ0v) is 8.94. The molecule has 0 aliphatic heterocycles. The molecule has 0 heterocycles. The predicted octanol–water partition coefficient (Wildman–Crippen LogP) is 2.03. The molecule has 0 saturated carbocycles. The quantitative estimate of drug-likeness (QED) is 0.762. The monoisotopic (exact) mass is 211 g/mol. The maximum atomic E-state index is 11.1. The minimum atomic E-state index is -1.13. The summed E-state index contributed by atoms with van der Waals surface area (Å²) in [4.78, 5) is 11.1. The Kier molecular flexibility index (Phi) is 2.73. The summed E-state index contributed by atoms with van der Waals surface area (Å²) < 4.78 is 0. The van der Waals surface area contributed by atoms with Gasteiger partial charge in [-0.1, -0.05) is 48.5 Å². The Morgan fingerprint density at radius 1 is 1.00 bits per heavy atom. The van der Waals surface area contributed by atoms with Gasteiger partial charge in [0.2, 0.25) is 0 Å². The molecule has 0 aliphatic rings. The summed E-state index contributed by atoms with van der Waals surface area (Å²) in [5.74, 6) is -1.13. The number of aromatic carboxylic acids is 1. The Morgan fingerprint density at radius 2 is 1.69 bits per heavy atom. The molecule has 2 aromatic carbocycles. The highest BCUT2D eigenvalue weighted by Crippen LogP contribution is 2.25. The summed E-state index contributed by atoms with van der Waals surface area (Å²) >= 11 is 0. The molecule has 0 radical (unpaired) electrons. The zero-order chi connectivity index (χ0) is 11.5. The van der Waals surface area contributed by atoms with Crippen molar-refractivity contribution in [1.29, 1.82) is 0 Å². The summed E-state index contributed by atoms with van der Waals surface area (Å²) in [5, 5.41) is 11.1. The summed E-state index contributed by atoms with van der Waals surface area (Å²) in [5.41, 5.74) is 2.60. The molecule has 0 spiro atoms. The average molecular weight is 211 g/mol. The number of aryl methyl sites for hydroxylation is 1. The van der Waals surface area contributed by atoms with Crippen molar-refractivity contribution >= 4 is 5.97 Å². The van der Waals surface area contributed by atoms with Crippen LogP contribution in [0.15, 0.2) is 48.5 Å². The van der Waals surface area contributed by atoms with Crippen LogP contribution in [-0.2, 0) is 0 Å². The number of rotatable bonds is 2. The fourth-order valence-electron chi connectivity index (χ4n) is 1.80. The third-order valence-corrected chi connectivity index (χ3v) is 2.56. The van der Waals surface area contributed by atoms with Gasteiger partial charge in [-0.05, 0) is 23.6 Å². The molecule has 0 aliphatic carbocycles. The molecule has 0 N–H and O–H groups in total. The first-order valence-corrected chi connectivity index (χ1v) is 5.06. The van der Waals surface area contributed by atoms with Gasteiger partial charge in [-0.15, -0.1) is 0 Å². The second-order valence-corrected chi connectivity index (χ2v) is 3.65. The highest BCUT2D eigenvalue weighted by molar-refractivity contribution is 5.96. The van der Waals surface area contributed by atoms with Crippen molar-refractivity contribution in [2.75, 3.05) is 0 Å². The lowest BCUT2D eigenvalue weighted by Gasteiger charge is -2.13. The smallest absolute Gasteiger partial charge is 0.0724 e. The van der Waals surface area contributed by atoms with E-state index in [2.05, 4.69) is 0 Å². The van der Waals surface area contributed by atoms with E-state index in [1.807, 2.05) is 36.4 Å². The summed E-state index contributed by atoms with van der Waals surface area (Å²) in [6.45, 7) is 1.78.